The van der Waals surface area contributed by atoms with Gasteiger partial charge in [0.2, 0.25) is 0 Å². The molecule has 0 heterocycles. The summed E-state index contributed by atoms with van der Waals surface area (Å²) in [5.74, 6) is 0.981. The first-order valence-electron chi connectivity index (χ1n) is 5.27. The van der Waals surface area contributed by atoms with Gasteiger partial charge in [-0.15, -0.1) is 0 Å². The first kappa shape index (κ1) is 9.32. The third-order valence-corrected chi connectivity index (χ3v) is 2.70. The van der Waals surface area contributed by atoms with E-state index in [1.807, 2.05) is 30.3 Å². The minimum absolute atomic E-state index is 0.440. The molecule has 74 valence electrons. The van der Waals surface area contributed by atoms with Crippen molar-refractivity contribution in [2.45, 2.75) is 31.8 Å². The summed E-state index contributed by atoms with van der Waals surface area (Å²) in [6.45, 7) is 3.75. The molecular formula is C13H16O. The van der Waals surface area contributed by atoms with Crippen LogP contribution in [0.15, 0.2) is 30.8 Å². The second-order valence-electron chi connectivity index (χ2n) is 3.80. The van der Waals surface area contributed by atoms with Crippen LogP contribution in [-0.2, 0) is 0 Å². The highest BCUT2D eigenvalue weighted by molar-refractivity contribution is 5.49. The van der Waals surface area contributed by atoms with Gasteiger partial charge in [0, 0.05) is 0 Å². The lowest BCUT2D eigenvalue weighted by atomic mass is 10.2. The topological polar surface area (TPSA) is 9.23 Å². The SMILES string of the molecule is C=Cc1cccc(OC2CCCC2)c1. The van der Waals surface area contributed by atoms with Crippen molar-refractivity contribution >= 4 is 6.08 Å². The molecule has 0 spiro atoms. The van der Waals surface area contributed by atoms with Crippen molar-refractivity contribution in [3.05, 3.63) is 36.4 Å². The summed E-state index contributed by atoms with van der Waals surface area (Å²) in [5.41, 5.74) is 1.13. The van der Waals surface area contributed by atoms with Crippen LogP contribution in [0.25, 0.3) is 6.08 Å². The molecule has 0 amide bonds. The molecule has 1 saturated carbocycles. The molecule has 0 atom stereocenters. The van der Waals surface area contributed by atoms with E-state index in [1.165, 1.54) is 25.7 Å². The molecular weight excluding hydrogens is 172 g/mol. The van der Waals surface area contributed by atoms with Crippen LogP contribution in [-0.4, -0.2) is 6.10 Å². The van der Waals surface area contributed by atoms with Crippen LogP contribution in [0.4, 0.5) is 0 Å². The van der Waals surface area contributed by atoms with Crippen molar-refractivity contribution in [1.29, 1.82) is 0 Å². The Hall–Kier alpha value is -1.24. The van der Waals surface area contributed by atoms with E-state index in [0.717, 1.165) is 11.3 Å². The van der Waals surface area contributed by atoms with Crippen molar-refractivity contribution in [3.8, 4) is 5.75 Å². The zero-order chi connectivity index (χ0) is 9.80. The van der Waals surface area contributed by atoms with Crippen LogP contribution in [0, 0.1) is 0 Å². The quantitative estimate of drug-likeness (QED) is 0.703. The summed E-state index contributed by atoms with van der Waals surface area (Å²) in [4.78, 5) is 0. The Balaban J connectivity index is 2.04. The monoisotopic (exact) mass is 188 g/mol. The minimum Gasteiger partial charge on any atom is -0.490 e. The molecule has 1 aromatic rings. The van der Waals surface area contributed by atoms with E-state index in [9.17, 15) is 0 Å². The summed E-state index contributed by atoms with van der Waals surface area (Å²) >= 11 is 0. The van der Waals surface area contributed by atoms with Gasteiger partial charge in [-0.3, -0.25) is 0 Å². The smallest absolute Gasteiger partial charge is 0.120 e. The van der Waals surface area contributed by atoms with Crippen LogP contribution in [0.2, 0.25) is 0 Å². The lowest BCUT2D eigenvalue weighted by molar-refractivity contribution is 0.210. The van der Waals surface area contributed by atoms with Gasteiger partial charge in [0.25, 0.3) is 0 Å². The first-order valence-corrected chi connectivity index (χ1v) is 5.27. The normalized spacial score (nSPS) is 16.9. The number of benzene rings is 1. The highest BCUT2D eigenvalue weighted by Gasteiger charge is 2.16. The molecule has 0 bridgehead atoms. The number of ether oxygens (including phenoxy) is 1. The van der Waals surface area contributed by atoms with E-state index >= 15 is 0 Å². The molecule has 0 saturated heterocycles. The van der Waals surface area contributed by atoms with Gasteiger partial charge >= 0.3 is 0 Å². The Bertz CT molecular complexity index is 311. The van der Waals surface area contributed by atoms with Crippen LogP contribution in [0.3, 0.4) is 0 Å². The second-order valence-corrected chi connectivity index (χ2v) is 3.80. The Kier molecular flexibility index (Phi) is 2.87. The molecule has 14 heavy (non-hydrogen) atoms. The molecule has 1 aliphatic rings. The molecule has 1 aromatic carbocycles. The minimum atomic E-state index is 0.440. The third-order valence-electron chi connectivity index (χ3n) is 2.70. The predicted octanol–water partition coefficient (Wildman–Crippen LogP) is 3.65. The second kappa shape index (κ2) is 4.32. The largest absolute Gasteiger partial charge is 0.490 e. The predicted molar refractivity (Wildman–Crippen MR) is 59.4 cm³/mol. The Labute approximate surface area is 85.4 Å². The Morgan fingerprint density at radius 2 is 2.07 bits per heavy atom. The fourth-order valence-electron chi connectivity index (χ4n) is 1.91. The van der Waals surface area contributed by atoms with Gasteiger partial charge in [0.15, 0.2) is 0 Å². The number of hydrogen-bond acceptors (Lipinski definition) is 1. The van der Waals surface area contributed by atoms with Gasteiger partial charge in [-0.1, -0.05) is 24.8 Å². The zero-order valence-electron chi connectivity index (χ0n) is 8.41. The number of rotatable bonds is 3. The molecule has 1 aliphatic carbocycles. The molecule has 0 radical (unpaired) electrons. The van der Waals surface area contributed by atoms with Gasteiger partial charge in [0.05, 0.1) is 6.10 Å². The number of hydrogen-bond donors (Lipinski definition) is 0. The Morgan fingerprint density at radius 1 is 1.29 bits per heavy atom. The first-order chi connectivity index (χ1) is 6.88. The van der Waals surface area contributed by atoms with Crippen LogP contribution >= 0.6 is 0 Å². The van der Waals surface area contributed by atoms with Crippen molar-refractivity contribution < 1.29 is 4.74 Å². The Morgan fingerprint density at radius 3 is 2.79 bits per heavy atom. The average molecular weight is 188 g/mol. The molecule has 1 heteroatoms. The van der Waals surface area contributed by atoms with E-state index in [2.05, 4.69) is 6.58 Å². The van der Waals surface area contributed by atoms with Crippen molar-refractivity contribution in [1.82, 2.24) is 0 Å². The lowest BCUT2D eigenvalue weighted by Crippen LogP contribution is -2.10. The van der Waals surface area contributed by atoms with Gasteiger partial charge < -0.3 is 4.74 Å². The van der Waals surface area contributed by atoms with E-state index in [0.29, 0.717) is 6.10 Å². The molecule has 0 N–H and O–H groups in total. The zero-order valence-corrected chi connectivity index (χ0v) is 8.41. The van der Waals surface area contributed by atoms with Crippen LogP contribution in [0.1, 0.15) is 31.2 Å². The molecule has 0 aromatic heterocycles. The standard InChI is InChI=1S/C13H16O/c1-2-11-6-5-9-13(10-11)14-12-7-3-4-8-12/h2,5-6,9-10,12H,1,3-4,7-8H2. The van der Waals surface area contributed by atoms with E-state index < -0.39 is 0 Å². The molecule has 0 aliphatic heterocycles. The summed E-state index contributed by atoms with van der Waals surface area (Å²) in [7, 11) is 0. The molecule has 2 rings (SSSR count). The molecule has 1 fully saturated rings. The van der Waals surface area contributed by atoms with Crippen molar-refractivity contribution in [2.75, 3.05) is 0 Å². The van der Waals surface area contributed by atoms with Crippen molar-refractivity contribution in [2.24, 2.45) is 0 Å². The fraction of sp³-hybridized carbons (Fsp3) is 0.385. The van der Waals surface area contributed by atoms with Crippen molar-refractivity contribution in [3.63, 3.8) is 0 Å². The summed E-state index contributed by atoms with van der Waals surface area (Å²) in [6, 6.07) is 8.12. The van der Waals surface area contributed by atoms with Gasteiger partial charge in [-0.2, -0.15) is 0 Å². The summed E-state index contributed by atoms with van der Waals surface area (Å²) in [5, 5.41) is 0. The maximum absolute atomic E-state index is 5.87. The lowest BCUT2D eigenvalue weighted by Gasteiger charge is -2.13. The average Bonchev–Trinajstić information content (AvgIpc) is 2.71. The van der Waals surface area contributed by atoms with E-state index in [4.69, 9.17) is 4.74 Å². The highest BCUT2D eigenvalue weighted by atomic mass is 16.5. The fourth-order valence-corrected chi connectivity index (χ4v) is 1.91. The van der Waals surface area contributed by atoms with Gasteiger partial charge in [-0.05, 0) is 43.4 Å². The van der Waals surface area contributed by atoms with Crippen LogP contribution < -0.4 is 4.74 Å². The van der Waals surface area contributed by atoms with Crippen LogP contribution in [0.5, 0.6) is 5.75 Å². The third kappa shape index (κ3) is 2.16. The highest BCUT2D eigenvalue weighted by Crippen LogP contribution is 2.24. The summed E-state index contributed by atoms with van der Waals surface area (Å²) in [6.07, 6.45) is 7.32. The van der Waals surface area contributed by atoms with Gasteiger partial charge in [-0.25, -0.2) is 0 Å². The molecule has 1 nitrogen and oxygen atoms in total. The summed E-state index contributed by atoms with van der Waals surface area (Å²) < 4.78 is 5.87. The van der Waals surface area contributed by atoms with E-state index in [1.54, 1.807) is 0 Å². The maximum atomic E-state index is 5.87. The van der Waals surface area contributed by atoms with Gasteiger partial charge in [0.1, 0.15) is 5.75 Å². The van der Waals surface area contributed by atoms with E-state index in [-0.39, 0.29) is 0 Å². The maximum Gasteiger partial charge on any atom is 0.120 e. The molecule has 0 unspecified atom stereocenters.